The summed E-state index contributed by atoms with van der Waals surface area (Å²) in [5, 5.41) is 14.3. The van der Waals surface area contributed by atoms with E-state index in [-0.39, 0.29) is 30.9 Å². The van der Waals surface area contributed by atoms with E-state index in [1.165, 1.54) is 19.3 Å². The zero-order valence-electron chi connectivity index (χ0n) is 16.2. The first-order valence-corrected chi connectivity index (χ1v) is 10.7. The van der Waals surface area contributed by atoms with E-state index in [4.69, 9.17) is 4.74 Å². The van der Waals surface area contributed by atoms with E-state index >= 15 is 0 Å². The summed E-state index contributed by atoms with van der Waals surface area (Å²) in [5.41, 5.74) is -0.299. The van der Waals surface area contributed by atoms with Crippen molar-refractivity contribution in [2.45, 2.75) is 63.6 Å². The number of β-amino-alcohol motifs (C(OH)–C–C–N with tert-alkyl or cyclic N) is 1. The first kappa shape index (κ1) is 18.2. The summed E-state index contributed by atoms with van der Waals surface area (Å²) in [6.07, 6.45) is 9.83. The molecule has 5 fully saturated rings. The highest BCUT2D eigenvalue weighted by Gasteiger charge is 2.57. The standard InChI is InChI=1S/C21H29N3O4/c25-17-9-18(19(26)28-5-4-23-3-1-2-22-23)24(13-17)20(27)21-10-14-6-15(11-21)8-16(7-14)12-21/h1-3,14-18,25H,4-13H2/t14?,15?,16?,17?,18-,21?/m0/s1. The van der Waals surface area contributed by atoms with Crippen LogP contribution in [-0.2, 0) is 20.9 Å². The minimum atomic E-state index is -0.659. The molecule has 7 heteroatoms. The van der Waals surface area contributed by atoms with Crippen LogP contribution in [0.5, 0.6) is 0 Å². The largest absolute Gasteiger partial charge is 0.462 e. The number of aliphatic hydroxyl groups is 1. The number of aliphatic hydroxyl groups excluding tert-OH is 1. The van der Waals surface area contributed by atoms with Gasteiger partial charge in [0.2, 0.25) is 5.91 Å². The van der Waals surface area contributed by atoms with Gasteiger partial charge in [-0.15, -0.1) is 0 Å². The Kier molecular flexibility index (Phi) is 4.45. The third kappa shape index (κ3) is 3.13. The molecular formula is C21H29N3O4. The number of amides is 1. The number of ether oxygens (including phenoxy) is 1. The smallest absolute Gasteiger partial charge is 0.329 e. The van der Waals surface area contributed by atoms with Crippen LogP contribution in [0.2, 0.25) is 0 Å². The number of hydrogen-bond donors (Lipinski definition) is 1. The number of carbonyl (C=O) groups is 2. The molecule has 4 aliphatic carbocycles. The summed E-state index contributed by atoms with van der Waals surface area (Å²) in [7, 11) is 0. The number of esters is 1. The normalized spacial score (nSPS) is 38.8. The Bertz CT molecular complexity index is 712. The van der Waals surface area contributed by atoms with Gasteiger partial charge in [0, 0.05) is 25.4 Å². The van der Waals surface area contributed by atoms with Gasteiger partial charge in [-0.25, -0.2) is 4.79 Å². The molecule has 28 heavy (non-hydrogen) atoms. The van der Waals surface area contributed by atoms with Crippen molar-refractivity contribution in [1.82, 2.24) is 14.7 Å². The van der Waals surface area contributed by atoms with Crippen LogP contribution in [0.3, 0.4) is 0 Å². The zero-order chi connectivity index (χ0) is 19.3. The average Bonchev–Trinajstić information content (AvgIpc) is 3.29. The predicted octanol–water partition coefficient (Wildman–Crippen LogP) is 1.60. The number of likely N-dealkylation sites (tertiary alicyclic amines) is 1. The van der Waals surface area contributed by atoms with Gasteiger partial charge in [-0.1, -0.05) is 0 Å². The molecule has 0 radical (unpaired) electrons. The Morgan fingerprint density at radius 1 is 1.11 bits per heavy atom. The summed E-state index contributed by atoms with van der Waals surface area (Å²) >= 11 is 0. The van der Waals surface area contributed by atoms with Gasteiger partial charge in [0.25, 0.3) is 0 Å². The highest BCUT2D eigenvalue weighted by atomic mass is 16.5. The maximum absolute atomic E-state index is 13.6. The lowest BCUT2D eigenvalue weighted by Crippen LogP contribution is -2.56. The highest BCUT2D eigenvalue weighted by Crippen LogP contribution is 2.60. The Morgan fingerprint density at radius 2 is 1.79 bits per heavy atom. The van der Waals surface area contributed by atoms with E-state index < -0.39 is 18.1 Å². The SMILES string of the molecule is O=C(OCCn1cccn1)[C@@H]1CC(O)CN1C(=O)C12CC3CC(CC(C3)C1)C2. The van der Waals surface area contributed by atoms with Crippen LogP contribution in [0.4, 0.5) is 0 Å². The minimum absolute atomic E-state index is 0.0946. The minimum Gasteiger partial charge on any atom is -0.462 e. The Balaban J connectivity index is 1.26. The van der Waals surface area contributed by atoms with Crippen molar-refractivity contribution in [3.63, 3.8) is 0 Å². The predicted molar refractivity (Wildman–Crippen MR) is 99.9 cm³/mol. The number of nitrogens with zero attached hydrogens (tertiary/aromatic N) is 3. The molecule has 4 bridgehead atoms. The second-order valence-corrected chi connectivity index (χ2v) is 9.50. The third-order valence-corrected chi connectivity index (χ3v) is 7.43. The van der Waals surface area contributed by atoms with Crippen molar-refractivity contribution >= 4 is 11.9 Å². The van der Waals surface area contributed by atoms with Gasteiger partial charge in [-0.05, 0) is 62.3 Å². The summed E-state index contributed by atoms with van der Waals surface area (Å²) < 4.78 is 7.15. The number of aromatic nitrogens is 2. The molecule has 1 saturated heterocycles. The lowest BCUT2D eigenvalue weighted by Gasteiger charge is -2.56. The molecule has 2 heterocycles. The zero-order valence-corrected chi connectivity index (χ0v) is 16.2. The van der Waals surface area contributed by atoms with Crippen molar-refractivity contribution in [3.05, 3.63) is 18.5 Å². The lowest BCUT2D eigenvalue weighted by atomic mass is 9.49. The molecule has 1 aliphatic heterocycles. The van der Waals surface area contributed by atoms with E-state index in [0.29, 0.717) is 24.3 Å². The van der Waals surface area contributed by atoms with Crippen molar-refractivity contribution in [3.8, 4) is 0 Å². The molecule has 1 aromatic rings. The fourth-order valence-electron chi connectivity index (χ4n) is 6.71. The molecule has 0 spiro atoms. The first-order valence-electron chi connectivity index (χ1n) is 10.7. The lowest BCUT2D eigenvalue weighted by molar-refractivity contribution is -0.165. The van der Waals surface area contributed by atoms with Gasteiger partial charge < -0.3 is 14.7 Å². The number of rotatable bonds is 5. The molecule has 1 unspecified atom stereocenters. The molecule has 1 amide bonds. The van der Waals surface area contributed by atoms with Crippen molar-refractivity contribution < 1.29 is 19.4 Å². The highest BCUT2D eigenvalue weighted by molar-refractivity contribution is 5.89. The molecule has 0 aromatic carbocycles. The average molecular weight is 387 g/mol. The summed E-state index contributed by atoms with van der Waals surface area (Å²) in [5.74, 6) is 1.70. The monoisotopic (exact) mass is 387 g/mol. The van der Waals surface area contributed by atoms with E-state index in [0.717, 1.165) is 19.3 Å². The van der Waals surface area contributed by atoms with Crippen molar-refractivity contribution in [2.24, 2.45) is 23.2 Å². The molecule has 1 aromatic heterocycles. The van der Waals surface area contributed by atoms with Gasteiger partial charge in [0.15, 0.2) is 0 Å². The van der Waals surface area contributed by atoms with Crippen molar-refractivity contribution in [1.29, 1.82) is 0 Å². The third-order valence-electron chi connectivity index (χ3n) is 7.43. The van der Waals surface area contributed by atoms with Crippen molar-refractivity contribution in [2.75, 3.05) is 13.2 Å². The summed E-state index contributed by atoms with van der Waals surface area (Å²) in [4.78, 5) is 28.0. The van der Waals surface area contributed by atoms with E-state index in [1.807, 2.05) is 12.3 Å². The fourth-order valence-corrected chi connectivity index (χ4v) is 6.71. The Morgan fingerprint density at radius 3 is 2.39 bits per heavy atom. The van der Waals surface area contributed by atoms with Gasteiger partial charge in [-0.3, -0.25) is 9.48 Å². The van der Waals surface area contributed by atoms with Crippen LogP contribution in [0.25, 0.3) is 0 Å². The van der Waals surface area contributed by atoms with Crippen LogP contribution in [-0.4, -0.2) is 57.0 Å². The van der Waals surface area contributed by atoms with Crippen LogP contribution in [0.15, 0.2) is 18.5 Å². The number of carbonyl (C=O) groups excluding carboxylic acids is 2. The first-order chi connectivity index (χ1) is 13.5. The van der Waals surface area contributed by atoms with Crippen LogP contribution in [0.1, 0.15) is 44.9 Å². The van der Waals surface area contributed by atoms with Crippen LogP contribution in [0, 0.1) is 23.2 Å². The molecule has 7 nitrogen and oxygen atoms in total. The van der Waals surface area contributed by atoms with Gasteiger partial charge >= 0.3 is 5.97 Å². The second-order valence-electron chi connectivity index (χ2n) is 9.50. The fraction of sp³-hybridized carbons (Fsp3) is 0.762. The van der Waals surface area contributed by atoms with Gasteiger partial charge in [0.05, 0.1) is 18.1 Å². The molecule has 2 atom stereocenters. The topological polar surface area (TPSA) is 84.7 Å². The molecule has 6 rings (SSSR count). The van der Waals surface area contributed by atoms with Gasteiger partial charge in [0.1, 0.15) is 12.6 Å². The van der Waals surface area contributed by atoms with E-state index in [2.05, 4.69) is 5.10 Å². The number of hydrogen-bond acceptors (Lipinski definition) is 5. The quantitative estimate of drug-likeness (QED) is 0.776. The molecule has 1 N–H and O–H groups in total. The van der Waals surface area contributed by atoms with Crippen LogP contribution >= 0.6 is 0 Å². The molecule has 152 valence electrons. The molecule has 5 aliphatic rings. The van der Waals surface area contributed by atoms with Crippen LogP contribution < -0.4 is 0 Å². The summed E-state index contributed by atoms with van der Waals surface area (Å²) in [6.45, 7) is 0.947. The Hall–Kier alpha value is -1.89. The van der Waals surface area contributed by atoms with Gasteiger partial charge in [-0.2, -0.15) is 5.10 Å². The molecular weight excluding hydrogens is 358 g/mol. The second kappa shape index (κ2) is 6.87. The Labute approximate surface area is 165 Å². The van der Waals surface area contributed by atoms with E-state index in [9.17, 15) is 14.7 Å². The maximum atomic E-state index is 13.6. The van der Waals surface area contributed by atoms with E-state index in [1.54, 1.807) is 15.8 Å². The maximum Gasteiger partial charge on any atom is 0.329 e. The summed E-state index contributed by atoms with van der Waals surface area (Å²) in [6, 6.07) is 1.16. The molecule has 4 saturated carbocycles.